The van der Waals surface area contributed by atoms with E-state index in [1.807, 2.05) is 0 Å². The number of rotatable bonds is 70. The van der Waals surface area contributed by atoms with Gasteiger partial charge in [-0.1, -0.05) is 312 Å². The molecule has 0 aromatic heterocycles. The summed E-state index contributed by atoms with van der Waals surface area (Å²) in [7, 11) is -9.90. The Morgan fingerprint density at radius 1 is 0.304 bits per heavy atom. The van der Waals surface area contributed by atoms with Gasteiger partial charge in [-0.25, -0.2) is 9.13 Å². The highest BCUT2D eigenvalue weighted by Gasteiger charge is 2.30. The SMILES string of the molecule is CCC(C)CCCCCCCCCCCCCCCCCCCCC(=O)O[C@H](COC(=O)CCCCCCCCC(C)C)COP(=O)(O)OC[C@H](O)COP(=O)(O)OC[C@@H](COC(=O)CCCCCCCCC(C)C)OC(=O)CCCCCCCCCCCC(C)C. The maximum absolute atomic E-state index is 13.0. The molecule has 0 aromatic carbocycles. The monoisotopic (exact) mass is 1350 g/mol. The first-order chi connectivity index (χ1) is 44.1. The van der Waals surface area contributed by atoms with Crippen molar-refractivity contribution < 1.29 is 80.2 Å². The van der Waals surface area contributed by atoms with Gasteiger partial charge < -0.3 is 33.8 Å². The summed E-state index contributed by atoms with van der Waals surface area (Å²) in [5, 5.41) is 10.6. The lowest BCUT2D eigenvalue weighted by molar-refractivity contribution is -0.161. The largest absolute Gasteiger partial charge is 0.472 e. The van der Waals surface area contributed by atoms with E-state index in [-0.39, 0.29) is 25.7 Å². The Morgan fingerprint density at radius 3 is 0.772 bits per heavy atom. The van der Waals surface area contributed by atoms with Gasteiger partial charge in [-0.15, -0.1) is 0 Å². The fourth-order valence-electron chi connectivity index (χ4n) is 11.0. The van der Waals surface area contributed by atoms with Crippen LogP contribution < -0.4 is 0 Å². The molecule has 0 saturated carbocycles. The maximum atomic E-state index is 13.0. The zero-order valence-corrected chi connectivity index (χ0v) is 62.0. The third kappa shape index (κ3) is 65.4. The van der Waals surface area contributed by atoms with Crippen molar-refractivity contribution in [1.82, 2.24) is 0 Å². The summed E-state index contributed by atoms with van der Waals surface area (Å²) in [6.07, 6.45) is 46.3. The Morgan fingerprint density at radius 2 is 0.522 bits per heavy atom. The smallest absolute Gasteiger partial charge is 0.462 e. The number of phosphoric acid groups is 2. The molecule has 92 heavy (non-hydrogen) atoms. The number of esters is 4. The molecule has 19 heteroatoms. The van der Waals surface area contributed by atoms with Crippen LogP contribution in [-0.2, 0) is 65.4 Å². The number of carbonyl (C=O) groups excluding carboxylic acids is 4. The van der Waals surface area contributed by atoms with Crippen LogP contribution in [0.5, 0.6) is 0 Å². The molecule has 3 unspecified atom stereocenters. The van der Waals surface area contributed by atoms with Gasteiger partial charge in [0.15, 0.2) is 12.2 Å². The molecule has 0 spiro atoms. The summed E-state index contributed by atoms with van der Waals surface area (Å²) >= 11 is 0. The third-order valence-electron chi connectivity index (χ3n) is 17.2. The van der Waals surface area contributed by atoms with E-state index in [9.17, 15) is 43.2 Å². The molecule has 17 nitrogen and oxygen atoms in total. The molecule has 0 rings (SSSR count). The van der Waals surface area contributed by atoms with E-state index in [0.717, 1.165) is 115 Å². The van der Waals surface area contributed by atoms with Crippen molar-refractivity contribution in [1.29, 1.82) is 0 Å². The predicted octanol–water partition coefficient (Wildman–Crippen LogP) is 20.9. The maximum Gasteiger partial charge on any atom is 0.472 e. The highest BCUT2D eigenvalue weighted by atomic mass is 31.2. The Balaban J connectivity index is 5.13. The highest BCUT2D eigenvalue weighted by molar-refractivity contribution is 7.47. The Kier molecular flexibility index (Phi) is 61.3. The molecular weight excluding hydrogens is 1210 g/mol. The lowest BCUT2D eigenvalue weighted by Gasteiger charge is -2.21. The summed E-state index contributed by atoms with van der Waals surface area (Å²) in [5.41, 5.74) is 0. The first kappa shape index (κ1) is 90.1. The van der Waals surface area contributed by atoms with E-state index in [4.69, 9.17) is 37.0 Å². The molecule has 0 aromatic rings. The van der Waals surface area contributed by atoms with Gasteiger partial charge in [0.05, 0.1) is 26.4 Å². The number of unbranched alkanes of at least 4 members (excludes halogenated alkanes) is 35. The van der Waals surface area contributed by atoms with E-state index in [1.165, 1.54) is 154 Å². The Hall–Kier alpha value is -1.94. The normalized spacial score (nSPS) is 14.5. The highest BCUT2D eigenvalue weighted by Crippen LogP contribution is 2.45. The van der Waals surface area contributed by atoms with Crippen LogP contribution >= 0.6 is 15.6 Å². The van der Waals surface area contributed by atoms with Gasteiger partial charge in [0.1, 0.15) is 19.3 Å². The zero-order chi connectivity index (χ0) is 68.2. The summed E-state index contributed by atoms with van der Waals surface area (Å²) in [6, 6.07) is 0. The number of phosphoric ester groups is 2. The molecule has 0 radical (unpaired) electrons. The second-order valence-corrected chi connectivity index (χ2v) is 30.9. The van der Waals surface area contributed by atoms with Crippen molar-refractivity contribution in [3.63, 3.8) is 0 Å². The lowest BCUT2D eigenvalue weighted by atomic mass is 9.99. The standard InChI is InChI=1S/C73H142O17P2/c1-9-66(8)52-44-36-26-22-18-16-14-12-10-11-13-15-17-19-23-27-39-47-55-72(77)89-68(59-83-70(75)53-45-37-31-29-34-42-50-64(4)5)61-87-91(79,80)85-57-67(74)58-86-92(81,82)88-62-69(60-84-71(76)54-46-38-32-30-35-43-51-65(6)7)90-73(78)56-48-40-28-24-20-21-25-33-41-49-63(2)3/h63-69,74H,9-62H2,1-8H3,(H,79,80)(H,81,82)/t66?,67-,68+,69+/m0/s1. The van der Waals surface area contributed by atoms with E-state index in [0.29, 0.717) is 37.5 Å². The van der Waals surface area contributed by atoms with Crippen molar-refractivity contribution in [3.05, 3.63) is 0 Å². The quantitative estimate of drug-likeness (QED) is 0.0222. The van der Waals surface area contributed by atoms with E-state index in [1.54, 1.807) is 0 Å². The molecule has 0 fully saturated rings. The van der Waals surface area contributed by atoms with Crippen molar-refractivity contribution in [3.8, 4) is 0 Å². The summed E-state index contributed by atoms with van der Waals surface area (Å²) in [6.45, 7) is 14.0. The van der Waals surface area contributed by atoms with Crippen LogP contribution in [-0.4, -0.2) is 96.7 Å². The predicted molar refractivity (Wildman–Crippen MR) is 372 cm³/mol. The summed E-state index contributed by atoms with van der Waals surface area (Å²) in [5.74, 6) is 0.835. The number of hydrogen-bond donors (Lipinski definition) is 3. The van der Waals surface area contributed by atoms with Gasteiger partial charge >= 0.3 is 39.5 Å². The molecule has 0 aliphatic rings. The minimum Gasteiger partial charge on any atom is -0.462 e. The third-order valence-corrected chi connectivity index (χ3v) is 19.1. The molecule has 6 atom stereocenters. The molecule has 0 heterocycles. The zero-order valence-electron chi connectivity index (χ0n) is 60.2. The second-order valence-electron chi connectivity index (χ2n) is 28.0. The minimum absolute atomic E-state index is 0.104. The van der Waals surface area contributed by atoms with Crippen molar-refractivity contribution in [2.24, 2.45) is 23.7 Å². The van der Waals surface area contributed by atoms with Gasteiger partial charge in [-0.3, -0.25) is 37.3 Å². The van der Waals surface area contributed by atoms with E-state index < -0.39 is 97.5 Å². The molecule has 546 valence electrons. The van der Waals surface area contributed by atoms with Crippen LogP contribution in [0.3, 0.4) is 0 Å². The van der Waals surface area contributed by atoms with Gasteiger partial charge in [-0.2, -0.15) is 0 Å². The lowest BCUT2D eigenvalue weighted by Crippen LogP contribution is -2.30. The molecule has 0 aliphatic heterocycles. The van der Waals surface area contributed by atoms with E-state index in [2.05, 4.69) is 55.4 Å². The van der Waals surface area contributed by atoms with Gasteiger partial charge in [0.2, 0.25) is 0 Å². The van der Waals surface area contributed by atoms with Crippen molar-refractivity contribution in [2.75, 3.05) is 39.6 Å². The number of carbonyl (C=O) groups is 4. The van der Waals surface area contributed by atoms with Crippen LogP contribution in [0, 0.1) is 23.7 Å². The second kappa shape index (κ2) is 62.6. The van der Waals surface area contributed by atoms with Gasteiger partial charge in [0.25, 0.3) is 0 Å². The number of ether oxygens (including phenoxy) is 4. The van der Waals surface area contributed by atoms with Crippen LogP contribution in [0.1, 0.15) is 364 Å². The van der Waals surface area contributed by atoms with Crippen molar-refractivity contribution >= 4 is 39.5 Å². The first-order valence-electron chi connectivity index (χ1n) is 37.7. The molecule has 0 aliphatic carbocycles. The fourth-order valence-corrected chi connectivity index (χ4v) is 12.6. The first-order valence-corrected chi connectivity index (χ1v) is 40.7. The molecule has 0 saturated heterocycles. The van der Waals surface area contributed by atoms with Crippen LogP contribution in [0.25, 0.3) is 0 Å². The number of aliphatic hydroxyl groups is 1. The molecule has 3 N–H and O–H groups in total. The van der Waals surface area contributed by atoms with Crippen LogP contribution in [0.4, 0.5) is 0 Å². The van der Waals surface area contributed by atoms with Gasteiger partial charge in [0, 0.05) is 25.7 Å². The van der Waals surface area contributed by atoms with Gasteiger partial charge in [-0.05, 0) is 49.4 Å². The summed E-state index contributed by atoms with van der Waals surface area (Å²) < 4.78 is 68.3. The topological polar surface area (TPSA) is 237 Å². The van der Waals surface area contributed by atoms with Crippen LogP contribution in [0.2, 0.25) is 0 Å². The van der Waals surface area contributed by atoms with Crippen LogP contribution in [0.15, 0.2) is 0 Å². The number of hydrogen-bond acceptors (Lipinski definition) is 15. The minimum atomic E-state index is -4.95. The molecular formula is C73H142O17P2. The number of aliphatic hydroxyl groups excluding tert-OH is 1. The average Bonchev–Trinajstić information content (AvgIpc) is 3.34. The molecule has 0 bridgehead atoms. The van der Waals surface area contributed by atoms with E-state index >= 15 is 0 Å². The average molecular weight is 1350 g/mol. The Bertz CT molecular complexity index is 1820. The summed E-state index contributed by atoms with van der Waals surface area (Å²) in [4.78, 5) is 72.5. The Labute approximate surface area is 562 Å². The fraction of sp³-hybridized carbons (Fsp3) is 0.945. The molecule has 0 amide bonds. The van der Waals surface area contributed by atoms with Crippen molar-refractivity contribution in [2.45, 2.75) is 382 Å².